The topological polar surface area (TPSA) is 182 Å². The van der Waals surface area contributed by atoms with Gasteiger partial charge in [0.1, 0.15) is 48.1 Å². The molecule has 3 amide bonds. The molecule has 4 heterocycles. The predicted molar refractivity (Wildman–Crippen MR) is 261 cm³/mol. The molecular weight excluding hydrogens is 903 g/mol. The van der Waals surface area contributed by atoms with Crippen LogP contribution in [-0.2, 0) is 40.6 Å². The van der Waals surface area contributed by atoms with Gasteiger partial charge in [-0.2, -0.15) is 0 Å². The summed E-state index contributed by atoms with van der Waals surface area (Å²) in [5.74, 6) is 3.92. The summed E-state index contributed by atoms with van der Waals surface area (Å²) < 4.78 is 29.2. The quantitative estimate of drug-likeness (QED) is 0.0607. The Morgan fingerprint density at radius 3 is 2.21 bits per heavy atom. The molecule has 1 spiro atoms. The van der Waals surface area contributed by atoms with Gasteiger partial charge in [0.2, 0.25) is 11.8 Å². The van der Waals surface area contributed by atoms with Gasteiger partial charge in [-0.3, -0.25) is 19.3 Å². The van der Waals surface area contributed by atoms with E-state index in [-0.39, 0.29) is 50.0 Å². The zero-order valence-electron chi connectivity index (χ0n) is 38.8. The molecule has 15 nitrogen and oxygen atoms in total. The number of nitrogens with one attached hydrogen (secondary N) is 2. The highest BCUT2D eigenvalue weighted by Gasteiger charge is 2.76. The van der Waals surface area contributed by atoms with Crippen LogP contribution in [0, 0.1) is 17.8 Å². The van der Waals surface area contributed by atoms with Crippen LogP contribution in [0.5, 0.6) is 11.5 Å². The minimum atomic E-state index is -2.13. The van der Waals surface area contributed by atoms with Crippen molar-refractivity contribution in [2.75, 3.05) is 45.5 Å². The first-order valence-corrected chi connectivity index (χ1v) is 23.2. The highest BCUT2D eigenvalue weighted by molar-refractivity contribution is 6.23. The van der Waals surface area contributed by atoms with Crippen molar-refractivity contribution in [1.29, 1.82) is 0 Å². The summed E-state index contributed by atoms with van der Waals surface area (Å²) in [6.07, 6.45) is -1.97. The number of aliphatic hydroxyl groups is 1. The third kappa shape index (κ3) is 8.41. The maximum atomic E-state index is 16.6. The minimum Gasteiger partial charge on any atom is -0.497 e. The number of methoxy groups -OCH3 is 2. The number of hydrogen-bond donors (Lipinski definition) is 3. The number of imide groups is 1. The number of aromatic amines is 1. The van der Waals surface area contributed by atoms with Crippen molar-refractivity contribution in [2.45, 2.75) is 36.2 Å². The van der Waals surface area contributed by atoms with Crippen molar-refractivity contribution < 1.29 is 48.0 Å². The molecule has 0 aliphatic carbocycles. The smallest absolute Gasteiger partial charge is 0.421 e. The second-order valence-corrected chi connectivity index (χ2v) is 17.3. The van der Waals surface area contributed by atoms with Crippen LogP contribution in [0.2, 0.25) is 0 Å². The number of carbonyl (C=O) groups excluding carboxylic acids is 4. The number of nitrogens with zero attached hydrogens (tertiary/aromatic N) is 3. The van der Waals surface area contributed by atoms with E-state index >= 15 is 14.4 Å². The molecule has 6 atom stereocenters. The average Bonchev–Trinajstić information content (AvgIpc) is 4.05. The Labute approximate surface area is 409 Å². The van der Waals surface area contributed by atoms with Gasteiger partial charge in [0.25, 0.3) is 0 Å². The van der Waals surface area contributed by atoms with Crippen molar-refractivity contribution >= 4 is 40.6 Å². The fraction of sp³-hybridized carbons (Fsp3) is 0.232. The van der Waals surface area contributed by atoms with Crippen LogP contribution in [0.4, 0.5) is 10.5 Å². The standard InChI is InChI=1S/C56H49N5O10/c1-67-31-32-70-55(66)60-44-28-25-36(22-21-35-23-26-39(68-2)27-24-35)33-41(44)56(54(60)65)47(52(63)57-34-46-58-42-18-10-11-19-43(42)59-46)49-53(64)71-50(38-15-7-4-8-16-38)48(37-13-5-3-6-14-37)61(49)51(56)40-17-9-12-20-45(40)69-30-29-62/h3-20,23-28,33,47-51,62H,29-32,34H2,1-2H3,(H,57,63)(H,58,59)/t47-,48-,49-,50+,51+,56-/m0/s1. The van der Waals surface area contributed by atoms with Crippen molar-refractivity contribution in [1.82, 2.24) is 20.2 Å². The van der Waals surface area contributed by atoms with Gasteiger partial charge in [0, 0.05) is 23.8 Å². The average molecular weight is 952 g/mol. The highest BCUT2D eigenvalue weighted by Crippen LogP contribution is 2.66. The molecule has 15 heteroatoms. The first-order valence-electron chi connectivity index (χ1n) is 23.2. The number of carbonyl (C=O) groups is 4. The van der Waals surface area contributed by atoms with Crippen LogP contribution in [0.15, 0.2) is 152 Å². The van der Waals surface area contributed by atoms with Crippen molar-refractivity contribution in [3.63, 3.8) is 0 Å². The molecule has 7 aromatic rings. The third-order valence-corrected chi connectivity index (χ3v) is 13.3. The van der Waals surface area contributed by atoms with Crippen molar-refractivity contribution in [2.24, 2.45) is 5.92 Å². The number of aromatic nitrogens is 2. The van der Waals surface area contributed by atoms with Crippen LogP contribution in [0.25, 0.3) is 11.0 Å². The molecule has 3 aliphatic heterocycles. The number of para-hydroxylation sites is 3. The second-order valence-electron chi connectivity index (χ2n) is 17.3. The maximum Gasteiger partial charge on any atom is 0.421 e. The highest BCUT2D eigenvalue weighted by atomic mass is 16.6. The number of imidazole rings is 1. The van der Waals surface area contributed by atoms with Crippen molar-refractivity contribution in [3.8, 4) is 23.3 Å². The van der Waals surface area contributed by atoms with Crippen LogP contribution < -0.4 is 19.7 Å². The number of aliphatic hydroxyl groups excluding tert-OH is 1. The monoisotopic (exact) mass is 951 g/mol. The van der Waals surface area contributed by atoms with E-state index in [0.29, 0.717) is 39.3 Å². The van der Waals surface area contributed by atoms with E-state index in [2.05, 4.69) is 22.1 Å². The number of anilines is 1. The number of rotatable bonds is 13. The van der Waals surface area contributed by atoms with E-state index < -0.39 is 59.4 Å². The van der Waals surface area contributed by atoms with Gasteiger partial charge in [0.15, 0.2) is 0 Å². The fourth-order valence-electron chi connectivity index (χ4n) is 10.4. The van der Waals surface area contributed by atoms with Gasteiger partial charge in [-0.05, 0) is 77.4 Å². The van der Waals surface area contributed by atoms with E-state index in [1.54, 1.807) is 61.7 Å². The normalized spacial score (nSPS) is 21.2. The molecule has 71 heavy (non-hydrogen) atoms. The summed E-state index contributed by atoms with van der Waals surface area (Å²) in [5, 5.41) is 13.2. The summed E-state index contributed by atoms with van der Waals surface area (Å²) in [5.41, 5.74) is 2.58. The number of fused-ring (bicyclic) bond motifs is 4. The molecule has 2 saturated heterocycles. The van der Waals surface area contributed by atoms with E-state index in [0.717, 1.165) is 16.0 Å². The Hall–Kier alpha value is -8.29. The number of H-pyrrole nitrogens is 1. The lowest BCUT2D eigenvalue weighted by Gasteiger charge is -2.46. The maximum absolute atomic E-state index is 16.6. The first-order chi connectivity index (χ1) is 34.8. The molecule has 2 fully saturated rings. The molecule has 6 aromatic carbocycles. The van der Waals surface area contributed by atoms with E-state index in [9.17, 15) is 9.90 Å². The molecule has 0 radical (unpaired) electrons. The molecule has 10 rings (SSSR count). The largest absolute Gasteiger partial charge is 0.497 e. The number of hydrogen-bond acceptors (Lipinski definition) is 12. The lowest BCUT2D eigenvalue weighted by Crippen LogP contribution is -2.55. The molecule has 0 unspecified atom stereocenters. The lowest BCUT2D eigenvalue weighted by atomic mass is 9.65. The number of ether oxygens (including phenoxy) is 5. The SMILES string of the molecule is COCCOC(=O)N1C(=O)[C@@]2(c3cc(C#Cc4ccc(OC)cc4)ccc31)[C@H](C(=O)NCc1nc3ccccc3[nH]1)[C@H]1C(=O)O[C@H](c3ccccc3)[C@H](c3ccccc3)N1[C@@H]2c1ccccc1OCCO. The number of esters is 1. The summed E-state index contributed by atoms with van der Waals surface area (Å²) in [6, 6.07) is 41.9. The number of morpholine rings is 1. The minimum absolute atomic E-state index is 0.0397. The van der Waals surface area contributed by atoms with Gasteiger partial charge in [-0.15, -0.1) is 0 Å². The second kappa shape index (κ2) is 20.0. The Balaban J connectivity index is 1.26. The Kier molecular flexibility index (Phi) is 13.1. The van der Waals surface area contributed by atoms with E-state index in [1.165, 1.54) is 7.11 Å². The van der Waals surface area contributed by atoms with Crippen LogP contribution in [0.3, 0.4) is 0 Å². The van der Waals surface area contributed by atoms with Crippen molar-refractivity contribution in [3.05, 3.63) is 191 Å². The molecule has 358 valence electrons. The Bertz CT molecular complexity index is 3140. The number of cyclic esters (lactones) is 1. The summed E-state index contributed by atoms with van der Waals surface area (Å²) in [7, 11) is 3.04. The Morgan fingerprint density at radius 1 is 0.789 bits per heavy atom. The molecular formula is C56H49N5O10. The molecule has 0 bridgehead atoms. The van der Waals surface area contributed by atoms with Gasteiger partial charge >= 0.3 is 12.1 Å². The number of amides is 3. The van der Waals surface area contributed by atoms with E-state index in [4.69, 9.17) is 28.7 Å². The third-order valence-electron chi connectivity index (χ3n) is 13.3. The van der Waals surface area contributed by atoms with Gasteiger partial charge < -0.3 is 39.1 Å². The van der Waals surface area contributed by atoms with Gasteiger partial charge in [-0.1, -0.05) is 103 Å². The predicted octanol–water partition coefficient (Wildman–Crippen LogP) is 7.11. The lowest BCUT2D eigenvalue weighted by molar-refractivity contribution is -0.178. The summed E-state index contributed by atoms with van der Waals surface area (Å²) in [6.45, 7) is -0.721. The van der Waals surface area contributed by atoms with Crippen LogP contribution in [-0.4, -0.2) is 90.5 Å². The zero-order chi connectivity index (χ0) is 49.1. The Morgan fingerprint density at radius 2 is 1.48 bits per heavy atom. The summed E-state index contributed by atoms with van der Waals surface area (Å²) in [4.78, 5) is 73.4. The molecule has 3 aliphatic rings. The van der Waals surface area contributed by atoms with Gasteiger partial charge in [-0.25, -0.2) is 14.7 Å². The first kappa shape index (κ1) is 46.4. The zero-order valence-corrected chi connectivity index (χ0v) is 38.8. The van der Waals surface area contributed by atoms with E-state index in [1.807, 2.05) is 102 Å². The molecule has 3 N–H and O–H groups in total. The summed E-state index contributed by atoms with van der Waals surface area (Å²) >= 11 is 0. The van der Waals surface area contributed by atoms with Gasteiger partial charge in [0.05, 0.1) is 61.6 Å². The molecule has 0 saturated carbocycles. The van der Waals surface area contributed by atoms with Crippen LogP contribution >= 0.6 is 0 Å². The molecule has 1 aromatic heterocycles. The van der Waals surface area contributed by atoms with Crippen LogP contribution in [0.1, 0.15) is 57.4 Å². The fourth-order valence-corrected chi connectivity index (χ4v) is 10.4. The number of benzene rings is 6.